The fraction of sp³-hybridized carbons (Fsp3) is 0.0833. The normalized spacial score (nSPS) is 20.9. The van der Waals surface area contributed by atoms with Crippen LogP contribution < -0.4 is 10.2 Å². The van der Waals surface area contributed by atoms with E-state index in [0.29, 0.717) is 0 Å². The first-order chi connectivity index (χ1) is 19.9. The summed E-state index contributed by atoms with van der Waals surface area (Å²) >= 11 is 1.91. The van der Waals surface area contributed by atoms with E-state index in [4.69, 9.17) is 4.99 Å². The minimum atomic E-state index is 0.0221. The molecule has 1 N–H and O–H groups in total. The van der Waals surface area contributed by atoms with Gasteiger partial charge in [0.25, 0.3) is 0 Å². The third-order valence-electron chi connectivity index (χ3n) is 8.64. The predicted octanol–water partition coefficient (Wildman–Crippen LogP) is 8.99. The van der Waals surface area contributed by atoms with E-state index < -0.39 is 0 Å². The number of rotatable bonds is 1. The smallest absolute Gasteiger partial charge is 0.205 e. The zero-order valence-electron chi connectivity index (χ0n) is 21.7. The van der Waals surface area contributed by atoms with Crippen LogP contribution in [0.3, 0.4) is 0 Å². The Hall–Kier alpha value is -4.67. The van der Waals surface area contributed by atoms with Gasteiger partial charge in [-0.2, -0.15) is 0 Å². The number of aliphatic imine (C=N–C) groups is 1. The van der Waals surface area contributed by atoms with Gasteiger partial charge in [-0.05, 0) is 34.0 Å². The second-order valence-electron chi connectivity index (χ2n) is 10.7. The largest absolute Gasteiger partial charge is 0.345 e. The molecule has 2 aliphatic heterocycles. The number of para-hydroxylation sites is 1. The maximum Gasteiger partial charge on any atom is 0.205 e. The van der Waals surface area contributed by atoms with Gasteiger partial charge in [-0.15, -0.1) is 11.3 Å². The molecule has 6 aromatic rings. The first-order valence-electron chi connectivity index (χ1n) is 13.9. The Morgan fingerprint density at radius 2 is 1.43 bits per heavy atom. The van der Waals surface area contributed by atoms with Crippen molar-refractivity contribution < 1.29 is 0 Å². The van der Waals surface area contributed by atoms with Gasteiger partial charge in [-0.3, -0.25) is 0 Å². The lowest BCUT2D eigenvalue weighted by molar-refractivity contribution is 0.697. The van der Waals surface area contributed by atoms with Crippen molar-refractivity contribution >= 4 is 59.6 Å². The minimum Gasteiger partial charge on any atom is -0.345 e. The molecule has 0 saturated carbocycles. The van der Waals surface area contributed by atoms with Crippen LogP contribution in [-0.4, -0.2) is 12.0 Å². The van der Waals surface area contributed by atoms with Gasteiger partial charge in [0, 0.05) is 27.0 Å². The van der Waals surface area contributed by atoms with E-state index in [0.717, 1.165) is 11.6 Å². The summed E-state index contributed by atoms with van der Waals surface area (Å²) in [5.41, 5.74) is 6.16. The molecular weight excluding hydrogens is 506 g/mol. The number of nitrogens with one attached hydrogen (secondary N) is 1. The van der Waals surface area contributed by atoms with Crippen molar-refractivity contribution in [2.75, 3.05) is 4.90 Å². The van der Waals surface area contributed by atoms with Gasteiger partial charge in [0.1, 0.15) is 0 Å². The second kappa shape index (κ2) is 8.41. The van der Waals surface area contributed by atoms with Crippen LogP contribution in [0.15, 0.2) is 132 Å². The lowest BCUT2D eigenvalue weighted by atomic mass is 9.87. The van der Waals surface area contributed by atoms with Crippen LogP contribution in [0.4, 0.5) is 11.4 Å². The number of thiophene rings is 1. The van der Waals surface area contributed by atoms with Gasteiger partial charge >= 0.3 is 0 Å². The Kier molecular flexibility index (Phi) is 4.66. The summed E-state index contributed by atoms with van der Waals surface area (Å²) in [7, 11) is 0. The molecule has 3 aliphatic rings. The Labute approximate surface area is 236 Å². The number of fused-ring (bicyclic) bond motifs is 11. The first kappa shape index (κ1) is 22.2. The number of hydrogen-bond acceptors (Lipinski definition) is 4. The number of anilines is 1. The number of nitrogens with zero attached hydrogens (tertiary/aromatic N) is 2. The van der Waals surface area contributed by atoms with Crippen LogP contribution in [0, 0.1) is 0 Å². The van der Waals surface area contributed by atoms with Crippen LogP contribution in [0.2, 0.25) is 0 Å². The number of guanidine groups is 1. The van der Waals surface area contributed by atoms with Crippen molar-refractivity contribution in [3.8, 4) is 0 Å². The van der Waals surface area contributed by atoms with Crippen molar-refractivity contribution in [3.63, 3.8) is 0 Å². The Bertz CT molecular complexity index is 2070. The summed E-state index contributed by atoms with van der Waals surface area (Å²) in [6, 6.07) is 37.3. The molecule has 0 saturated heterocycles. The molecule has 0 bridgehead atoms. The molecule has 3 atom stereocenters. The van der Waals surface area contributed by atoms with E-state index in [9.17, 15) is 0 Å². The van der Waals surface area contributed by atoms with Crippen LogP contribution in [0.1, 0.15) is 28.7 Å². The zero-order chi connectivity index (χ0) is 26.2. The summed E-state index contributed by atoms with van der Waals surface area (Å²) in [5, 5.41) is 9.26. The molecule has 0 amide bonds. The summed E-state index contributed by atoms with van der Waals surface area (Å²) in [6.45, 7) is 0. The monoisotopic (exact) mass is 531 g/mol. The predicted molar refractivity (Wildman–Crippen MR) is 169 cm³/mol. The lowest BCUT2D eigenvalue weighted by Crippen LogP contribution is -2.48. The fourth-order valence-corrected chi connectivity index (χ4v) is 8.24. The van der Waals surface area contributed by atoms with Crippen LogP contribution in [-0.2, 0) is 0 Å². The standard InChI is InChI=1S/C36H25N3S/c1-2-12-22(13-3-1)33-25-16-6-9-19-28(25)37-36(38-33)39-29-20-10-7-17-26(29)31-23-14-4-5-15-24(23)32-27-18-8-11-21-30(27)40-35(32)34(31)39/h1-21,26,29,33H,(H,37,38). The van der Waals surface area contributed by atoms with E-state index in [-0.39, 0.29) is 18.0 Å². The minimum absolute atomic E-state index is 0.0221. The fourth-order valence-electron chi connectivity index (χ4n) is 6.97. The molecule has 0 fully saturated rings. The van der Waals surface area contributed by atoms with Crippen molar-refractivity contribution in [2.45, 2.75) is 18.0 Å². The van der Waals surface area contributed by atoms with E-state index in [2.05, 4.69) is 138 Å². The van der Waals surface area contributed by atoms with Crippen LogP contribution in [0.5, 0.6) is 0 Å². The molecule has 3 heterocycles. The number of benzene rings is 5. The van der Waals surface area contributed by atoms with E-state index >= 15 is 0 Å². The SMILES string of the molecule is C1=CC2c3c(c4sc5ccccc5c4c4ccccc34)N(C3=Nc4ccccc4C(c4ccccc4)N3)C2C=C1. The van der Waals surface area contributed by atoms with Crippen LogP contribution in [0.25, 0.3) is 30.9 Å². The molecule has 190 valence electrons. The molecule has 3 nitrogen and oxygen atoms in total. The molecule has 40 heavy (non-hydrogen) atoms. The number of allylic oxidation sites excluding steroid dienone is 2. The lowest BCUT2D eigenvalue weighted by Gasteiger charge is -2.35. The van der Waals surface area contributed by atoms with Gasteiger partial charge in [-0.1, -0.05) is 115 Å². The average Bonchev–Trinajstić information content (AvgIpc) is 3.58. The molecule has 5 aromatic carbocycles. The van der Waals surface area contributed by atoms with Crippen molar-refractivity contribution in [3.05, 3.63) is 144 Å². The summed E-state index contributed by atoms with van der Waals surface area (Å²) in [5.74, 6) is 1.16. The third kappa shape index (κ3) is 3.02. The number of hydrogen-bond donors (Lipinski definition) is 1. The Morgan fingerprint density at radius 1 is 0.700 bits per heavy atom. The molecule has 1 aromatic heterocycles. The molecule has 0 radical (unpaired) electrons. The molecule has 1 aliphatic carbocycles. The third-order valence-corrected chi connectivity index (χ3v) is 9.82. The summed E-state index contributed by atoms with van der Waals surface area (Å²) in [6.07, 6.45) is 9.12. The van der Waals surface area contributed by atoms with Gasteiger partial charge in [0.2, 0.25) is 5.96 Å². The zero-order valence-corrected chi connectivity index (χ0v) is 22.5. The van der Waals surface area contributed by atoms with Crippen molar-refractivity contribution in [2.24, 2.45) is 4.99 Å². The van der Waals surface area contributed by atoms with Crippen molar-refractivity contribution in [1.29, 1.82) is 0 Å². The van der Waals surface area contributed by atoms with Gasteiger partial charge in [-0.25, -0.2) is 4.99 Å². The molecular formula is C36H25N3S. The van der Waals surface area contributed by atoms with E-state index in [1.165, 1.54) is 53.3 Å². The molecule has 0 spiro atoms. The van der Waals surface area contributed by atoms with Crippen molar-refractivity contribution in [1.82, 2.24) is 5.32 Å². The topological polar surface area (TPSA) is 27.6 Å². The highest BCUT2D eigenvalue weighted by Crippen LogP contribution is 2.55. The van der Waals surface area contributed by atoms with E-state index in [1.807, 2.05) is 11.3 Å². The quantitative estimate of drug-likeness (QED) is 0.229. The Balaban J connectivity index is 1.36. The Morgan fingerprint density at radius 3 is 2.33 bits per heavy atom. The second-order valence-corrected chi connectivity index (χ2v) is 11.8. The molecule has 4 heteroatoms. The van der Waals surface area contributed by atoms with Gasteiger partial charge in [0.15, 0.2) is 0 Å². The highest BCUT2D eigenvalue weighted by molar-refractivity contribution is 7.26. The highest BCUT2D eigenvalue weighted by Gasteiger charge is 2.43. The maximum absolute atomic E-state index is 5.31. The van der Waals surface area contributed by atoms with Crippen LogP contribution >= 0.6 is 11.3 Å². The summed E-state index contributed by atoms with van der Waals surface area (Å²) in [4.78, 5) is 7.81. The summed E-state index contributed by atoms with van der Waals surface area (Å²) < 4.78 is 2.66. The maximum atomic E-state index is 5.31. The van der Waals surface area contributed by atoms with Gasteiger partial charge < -0.3 is 10.2 Å². The van der Waals surface area contributed by atoms with E-state index in [1.54, 1.807) is 0 Å². The average molecular weight is 532 g/mol. The van der Waals surface area contributed by atoms with Gasteiger partial charge in [0.05, 0.1) is 28.2 Å². The molecule has 9 rings (SSSR count). The first-order valence-corrected chi connectivity index (χ1v) is 14.7. The highest BCUT2D eigenvalue weighted by atomic mass is 32.1. The molecule has 3 unspecified atom stereocenters.